The lowest BCUT2D eigenvalue weighted by Gasteiger charge is -2.04. The van der Waals surface area contributed by atoms with E-state index in [1.54, 1.807) is 48.5 Å². The summed E-state index contributed by atoms with van der Waals surface area (Å²) in [5.74, 6) is 0.958. The molecule has 2 aromatic carbocycles. The quantitative estimate of drug-likeness (QED) is 0.366. The minimum absolute atomic E-state index is 0.000188. The summed E-state index contributed by atoms with van der Waals surface area (Å²) in [6.07, 6.45) is 1.34. The van der Waals surface area contributed by atoms with Gasteiger partial charge in [-0.25, -0.2) is 5.43 Å². The number of benzene rings is 2. The van der Waals surface area contributed by atoms with E-state index in [0.29, 0.717) is 27.9 Å². The van der Waals surface area contributed by atoms with Crippen LogP contribution < -0.4 is 10.2 Å². The molecule has 0 spiro atoms. The number of rotatable bonds is 7. The zero-order valence-corrected chi connectivity index (χ0v) is 15.1. The molecule has 0 aliphatic heterocycles. The number of nitro groups is 1. The second-order valence-corrected chi connectivity index (χ2v) is 5.98. The number of non-ortho nitro benzene ring substituents is 1. The zero-order chi connectivity index (χ0) is 19.9. The summed E-state index contributed by atoms with van der Waals surface area (Å²) in [4.78, 5) is 22.0. The molecule has 0 fully saturated rings. The third-order valence-corrected chi connectivity index (χ3v) is 3.77. The van der Waals surface area contributed by atoms with Crippen molar-refractivity contribution in [1.29, 1.82) is 0 Å². The molecule has 9 heteroatoms. The Morgan fingerprint density at radius 1 is 1.21 bits per heavy atom. The highest BCUT2D eigenvalue weighted by atomic mass is 35.5. The van der Waals surface area contributed by atoms with Gasteiger partial charge >= 0.3 is 0 Å². The van der Waals surface area contributed by atoms with Crippen LogP contribution in [0.15, 0.2) is 70.2 Å². The number of halogens is 1. The monoisotopic (exact) mass is 399 g/mol. The van der Waals surface area contributed by atoms with Crippen molar-refractivity contribution in [3.63, 3.8) is 0 Å². The highest BCUT2D eigenvalue weighted by Crippen LogP contribution is 2.24. The molecular formula is C19H14ClN3O5. The summed E-state index contributed by atoms with van der Waals surface area (Å²) in [7, 11) is 0. The fourth-order valence-electron chi connectivity index (χ4n) is 2.23. The number of amides is 1. The maximum absolute atomic E-state index is 11.7. The van der Waals surface area contributed by atoms with E-state index in [4.69, 9.17) is 20.8 Å². The molecule has 28 heavy (non-hydrogen) atoms. The average Bonchev–Trinajstić information content (AvgIpc) is 3.15. The molecule has 3 aromatic rings. The van der Waals surface area contributed by atoms with E-state index < -0.39 is 10.8 Å². The van der Waals surface area contributed by atoms with E-state index in [1.807, 2.05) is 0 Å². The molecule has 1 N–H and O–H groups in total. The lowest BCUT2D eigenvalue weighted by Crippen LogP contribution is -2.24. The topological polar surface area (TPSA) is 107 Å². The number of hydrogen-bond acceptors (Lipinski definition) is 6. The van der Waals surface area contributed by atoms with Crippen LogP contribution in [-0.2, 0) is 4.79 Å². The van der Waals surface area contributed by atoms with Crippen molar-refractivity contribution in [3.8, 4) is 17.1 Å². The van der Waals surface area contributed by atoms with Gasteiger partial charge in [0, 0.05) is 22.7 Å². The van der Waals surface area contributed by atoms with Crippen LogP contribution in [0.25, 0.3) is 11.3 Å². The Morgan fingerprint density at radius 3 is 2.71 bits per heavy atom. The second-order valence-electron chi connectivity index (χ2n) is 5.55. The molecule has 1 aromatic heterocycles. The first-order valence-electron chi connectivity index (χ1n) is 8.06. The van der Waals surface area contributed by atoms with Gasteiger partial charge in [0.1, 0.15) is 17.3 Å². The van der Waals surface area contributed by atoms with Crippen molar-refractivity contribution in [3.05, 3.63) is 81.6 Å². The second kappa shape index (κ2) is 8.83. The molecule has 0 aliphatic rings. The molecule has 142 valence electrons. The lowest BCUT2D eigenvalue weighted by atomic mass is 10.1. The van der Waals surface area contributed by atoms with E-state index in [2.05, 4.69) is 10.5 Å². The fourth-order valence-corrected chi connectivity index (χ4v) is 2.41. The first-order valence-corrected chi connectivity index (χ1v) is 8.44. The molecule has 0 aliphatic carbocycles. The van der Waals surface area contributed by atoms with Crippen LogP contribution in [0.1, 0.15) is 5.76 Å². The molecule has 1 amide bonds. The number of furan rings is 1. The molecule has 0 atom stereocenters. The third kappa shape index (κ3) is 5.18. The molecule has 0 bridgehead atoms. The van der Waals surface area contributed by atoms with Crippen molar-refractivity contribution in [2.45, 2.75) is 0 Å². The van der Waals surface area contributed by atoms with Gasteiger partial charge < -0.3 is 9.15 Å². The Hall–Kier alpha value is -3.65. The molecular weight excluding hydrogens is 386 g/mol. The minimum Gasteiger partial charge on any atom is -0.484 e. The number of hydrazone groups is 1. The van der Waals surface area contributed by atoms with Crippen molar-refractivity contribution in [2.75, 3.05) is 6.61 Å². The Morgan fingerprint density at radius 2 is 2.00 bits per heavy atom. The largest absolute Gasteiger partial charge is 0.484 e. The maximum atomic E-state index is 11.7. The Kier molecular flexibility index (Phi) is 6.03. The number of nitro benzene ring substituents is 1. The van der Waals surface area contributed by atoms with Gasteiger partial charge in [-0.2, -0.15) is 5.10 Å². The number of nitrogens with one attached hydrogen (secondary N) is 1. The SMILES string of the molecule is O=C(COc1cccc(Cl)c1)N/N=C\c1ccc(-c2ccc([N+](=O)[O-])cc2)o1. The predicted molar refractivity (Wildman–Crippen MR) is 103 cm³/mol. The number of carbonyl (C=O) groups excluding carboxylic acids is 1. The highest BCUT2D eigenvalue weighted by molar-refractivity contribution is 6.30. The van der Waals surface area contributed by atoms with Crippen LogP contribution in [0.2, 0.25) is 5.02 Å². The Labute approximate surface area is 164 Å². The smallest absolute Gasteiger partial charge is 0.277 e. The summed E-state index contributed by atoms with van der Waals surface area (Å²) < 4.78 is 10.9. The van der Waals surface area contributed by atoms with E-state index in [0.717, 1.165) is 0 Å². The van der Waals surface area contributed by atoms with Crippen molar-refractivity contribution in [1.82, 2.24) is 5.43 Å². The summed E-state index contributed by atoms with van der Waals surface area (Å²) in [6, 6.07) is 16.0. The molecule has 1 heterocycles. The number of ether oxygens (including phenoxy) is 1. The molecule has 0 unspecified atom stereocenters. The molecule has 8 nitrogen and oxygen atoms in total. The summed E-state index contributed by atoms with van der Waals surface area (Å²) in [5, 5.41) is 15.0. The van der Waals surface area contributed by atoms with E-state index in [9.17, 15) is 14.9 Å². The van der Waals surface area contributed by atoms with Crippen molar-refractivity contribution < 1.29 is 18.9 Å². The third-order valence-electron chi connectivity index (χ3n) is 3.54. The van der Waals surface area contributed by atoms with Crippen molar-refractivity contribution in [2.24, 2.45) is 5.10 Å². The predicted octanol–water partition coefficient (Wildman–Crippen LogP) is 4.04. The number of carbonyl (C=O) groups is 1. The summed E-state index contributed by atoms with van der Waals surface area (Å²) >= 11 is 5.84. The highest BCUT2D eigenvalue weighted by Gasteiger charge is 2.08. The van der Waals surface area contributed by atoms with E-state index in [-0.39, 0.29) is 12.3 Å². The standard InChI is InChI=1S/C19H14ClN3O5/c20-14-2-1-3-16(10-14)27-12-19(24)22-21-11-17-8-9-18(28-17)13-4-6-15(7-5-13)23(25)26/h1-11H,12H2,(H,22,24)/b21-11-. The van der Waals surface area contributed by atoms with Crippen LogP contribution in [0, 0.1) is 10.1 Å². The first-order chi connectivity index (χ1) is 13.5. The van der Waals surface area contributed by atoms with Crippen LogP contribution in [0.5, 0.6) is 5.75 Å². The minimum atomic E-state index is -0.469. The molecule has 0 saturated carbocycles. The van der Waals surface area contributed by atoms with Gasteiger partial charge in [0.05, 0.1) is 11.1 Å². The van der Waals surface area contributed by atoms with Crippen LogP contribution in [-0.4, -0.2) is 23.7 Å². The summed E-state index contributed by atoms with van der Waals surface area (Å²) in [5.41, 5.74) is 3.01. The van der Waals surface area contributed by atoms with Crippen molar-refractivity contribution >= 4 is 29.4 Å². The zero-order valence-electron chi connectivity index (χ0n) is 14.4. The van der Waals surface area contributed by atoms with Crippen LogP contribution in [0.3, 0.4) is 0 Å². The normalized spacial score (nSPS) is 10.8. The Balaban J connectivity index is 1.52. The van der Waals surface area contributed by atoms with Gasteiger partial charge in [-0.3, -0.25) is 14.9 Å². The van der Waals surface area contributed by atoms with Gasteiger partial charge in [-0.1, -0.05) is 17.7 Å². The maximum Gasteiger partial charge on any atom is 0.277 e. The van der Waals surface area contributed by atoms with Crippen LogP contribution in [0.4, 0.5) is 5.69 Å². The van der Waals surface area contributed by atoms with Gasteiger partial charge in [-0.15, -0.1) is 0 Å². The number of nitrogens with zero attached hydrogens (tertiary/aromatic N) is 2. The van der Waals surface area contributed by atoms with Gasteiger partial charge in [0.15, 0.2) is 6.61 Å². The fraction of sp³-hybridized carbons (Fsp3) is 0.0526. The lowest BCUT2D eigenvalue weighted by molar-refractivity contribution is -0.384. The van der Waals surface area contributed by atoms with E-state index >= 15 is 0 Å². The summed E-state index contributed by atoms with van der Waals surface area (Å²) in [6.45, 7) is -0.218. The first kappa shape index (κ1) is 19.1. The molecule has 0 saturated heterocycles. The van der Waals surface area contributed by atoms with Gasteiger partial charge in [-0.05, 0) is 42.5 Å². The molecule has 3 rings (SSSR count). The Bertz CT molecular complexity index is 1010. The average molecular weight is 400 g/mol. The number of hydrogen-bond donors (Lipinski definition) is 1. The van der Waals surface area contributed by atoms with Gasteiger partial charge in [0.2, 0.25) is 0 Å². The van der Waals surface area contributed by atoms with Gasteiger partial charge in [0.25, 0.3) is 11.6 Å². The molecule has 0 radical (unpaired) electrons. The van der Waals surface area contributed by atoms with E-state index in [1.165, 1.54) is 18.3 Å². The van der Waals surface area contributed by atoms with Crippen LogP contribution >= 0.6 is 11.6 Å².